The molecule has 1 atom stereocenters. The Morgan fingerprint density at radius 3 is 2.29 bits per heavy atom. The maximum absolute atomic E-state index is 13.3. The summed E-state index contributed by atoms with van der Waals surface area (Å²) < 4.78 is 16.6. The van der Waals surface area contributed by atoms with Gasteiger partial charge in [-0.15, -0.1) is 0 Å². The van der Waals surface area contributed by atoms with E-state index in [1.807, 2.05) is 79.7 Å². The quantitative estimate of drug-likeness (QED) is 0.404. The highest BCUT2D eigenvalue weighted by atomic mass is 16.5. The van der Waals surface area contributed by atoms with Crippen LogP contribution in [0.4, 0.5) is 10.5 Å². The normalized spacial score (nSPS) is 15.7. The number of amides is 2. The van der Waals surface area contributed by atoms with Crippen molar-refractivity contribution in [1.82, 2.24) is 15.5 Å². The summed E-state index contributed by atoms with van der Waals surface area (Å²) in [6, 6.07) is 23.7. The van der Waals surface area contributed by atoms with Crippen LogP contribution in [0.15, 0.2) is 89.1 Å². The van der Waals surface area contributed by atoms with Crippen LogP contribution < -0.4 is 19.7 Å². The molecule has 1 aliphatic heterocycles. The molecule has 4 aromatic rings. The Balaban J connectivity index is 1.66. The number of aromatic nitrogens is 2. The molecule has 1 unspecified atom stereocenters. The van der Waals surface area contributed by atoms with Crippen molar-refractivity contribution >= 4 is 17.3 Å². The number of rotatable bonds is 6. The Morgan fingerprint density at radius 1 is 0.914 bits per heavy atom. The molecule has 35 heavy (non-hydrogen) atoms. The summed E-state index contributed by atoms with van der Waals surface area (Å²) in [4.78, 5) is 19.6. The van der Waals surface area contributed by atoms with Gasteiger partial charge in [0.05, 0.1) is 31.5 Å². The number of methoxy groups -OCH3 is 2. The molecule has 8 heteroatoms. The molecule has 0 radical (unpaired) electrons. The van der Waals surface area contributed by atoms with Gasteiger partial charge in [0.1, 0.15) is 0 Å². The minimum absolute atomic E-state index is 0.264. The van der Waals surface area contributed by atoms with Gasteiger partial charge in [0.25, 0.3) is 5.89 Å². The summed E-state index contributed by atoms with van der Waals surface area (Å²) in [5.41, 5.74) is 3.73. The summed E-state index contributed by atoms with van der Waals surface area (Å²) in [5.74, 6) is 1.94. The molecule has 0 aliphatic carbocycles. The zero-order valence-electron chi connectivity index (χ0n) is 19.6. The first kappa shape index (κ1) is 22.2. The Hall–Kier alpha value is -4.59. The third-order valence-electron chi connectivity index (χ3n) is 5.93. The second-order valence-electron chi connectivity index (χ2n) is 7.96. The van der Waals surface area contributed by atoms with Crippen LogP contribution in [0.5, 0.6) is 11.5 Å². The Morgan fingerprint density at radius 2 is 1.60 bits per heavy atom. The van der Waals surface area contributed by atoms with E-state index in [0.29, 0.717) is 34.5 Å². The van der Waals surface area contributed by atoms with Gasteiger partial charge in [-0.05, 0) is 36.8 Å². The van der Waals surface area contributed by atoms with Crippen molar-refractivity contribution in [1.29, 1.82) is 0 Å². The van der Waals surface area contributed by atoms with Crippen molar-refractivity contribution in [2.45, 2.75) is 13.0 Å². The molecule has 5 rings (SSSR count). The number of allylic oxidation sites excluding steroid dienone is 1. The molecule has 3 aromatic carbocycles. The zero-order valence-corrected chi connectivity index (χ0v) is 19.6. The van der Waals surface area contributed by atoms with Gasteiger partial charge in [-0.3, -0.25) is 4.90 Å². The maximum Gasteiger partial charge on any atom is 0.326 e. The van der Waals surface area contributed by atoms with Crippen LogP contribution in [0.1, 0.15) is 24.4 Å². The minimum Gasteiger partial charge on any atom is -0.493 e. The molecule has 1 aromatic heterocycles. The fraction of sp³-hybridized carbons (Fsp3) is 0.148. The predicted octanol–water partition coefficient (Wildman–Crippen LogP) is 5.46. The molecule has 0 spiro atoms. The van der Waals surface area contributed by atoms with E-state index < -0.39 is 6.04 Å². The van der Waals surface area contributed by atoms with E-state index in [1.54, 1.807) is 25.2 Å². The number of para-hydroxylation sites is 1. The number of hydrogen-bond donors (Lipinski definition) is 1. The lowest BCUT2D eigenvalue weighted by Gasteiger charge is -2.35. The summed E-state index contributed by atoms with van der Waals surface area (Å²) in [6.45, 7) is 1.88. The third kappa shape index (κ3) is 4.10. The molecule has 0 saturated heterocycles. The lowest BCUT2D eigenvalue weighted by Crippen LogP contribution is -2.46. The molecular weight excluding hydrogens is 444 g/mol. The Labute approximate surface area is 202 Å². The van der Waals surface area contributed by atoms with Crippen molar-refractivity contribution < 1.29 is 18.8 Å². The average Bonchev–Trinajstić information content (AvgIpc) is 3.39. The number of carbonyl (C=O) groups is 1. The van der Waals surface area contributed by atoms with Gasteiger partial charge in [-0.1, -0.05) is 59.8 Å². The molecule has 0 bridgehead atoms. The van der Waals surface area contributed by atoms with E-state index in [-0.39, 0.29) is 6.03 Å². The highest BCUT2D eigenvalue weighted by Crippen LogP contribution is 2.41. The summed E-state index contributed by atoms with van der Waals surface area (Å²) in [5, 5.41) is 7.31. The third-order valence-corrected chi connectivity index (χ3v) is 5.93. The standard InChI is InChI=1S/C27H24N4O4/c1-17-23(26-29-25(30-35-26)18-10-6-4-7-11-18)24(19-14-15-21(33-2)22(16-19)34-3)28-27(32)31(17)20-12-8-5-9-13-20/h4-16,24H,1-3H3,(H,28,32). The molecule has 176 valence electrons. The molecule has 1 aliphatic rings. The van der Waals surface area contributed by atoms with E-state index in [2.05, 4.69) is 10.5 Å². The van der Waals surface area contributed by atoms with E-state index >= 15 is 0 Å². The summed E-state index contributed by atoms with van der Waals surface area (Å²) >= 11 is 0. The largest absolute Gasteiger partial charge is 0.493 e. The molecule has 8 nitrogen and oxygen atoms in total. The number of nitrogens with one attached hydrogen (secondary N) is 1. The lowest BCUT2D eigenvalue weighted by molar-refractivity contribution is 0.244. The van der Waals surface area contributed by atoms with Gasteiger partial charge in [0.15, 0.2) is 11.5 Å². The Kier molecular flexibility index (Phi) is 5.93. The average molecular weight is 469 g/mol. The van der Waals surface area contributed by atoms with Gasteiger partial charge in [-0.25, -0.2) is 4.79 Å². The molecule has 2 amide bonds. The number of anilines is 1. The SMILES string of the molecule is COc1ccc(C2NC(=O)N(c3ccccc3)C(C)=C2c2nc(-c3ccccc3)no2)cc1OC. The van der Waals surface area contributed by atoms with Gasteiger partial charge in [0.2, 0.25) is 5.82 Å². The van der Waals surface area contributed by atoms with E-state index in [9.17, 15) is 4.79 Å². The van der Waals surface area contributed by atoms with Crippen LogP contribution in [-0.2, 0) is 0 Å². The van der Waals surface area contributed by atoms with Gasteiger partial charge >= 0.3 is 6.03 Å². The highest BCUT2D eigenvalue weighted by molar-refractivity contribution is 6.01. The first-order chi connectivity index (χ1) is 17.1. The van der Waals surface area contributed by atoms with Crippen LogP contribution in [0.3, 0.4) is 0 Å². The smallest absolute Gasteiger partial charge is 0.326 e. The lowest BCUT2D eigenvalue weighted by atomic mass is 9.94. The minimum atomic E-state index is -0.550. The van der Waals surface area contributed by atoms with Crippen molar-refractivity contribution in [3.8, 4) is 22.9 Å². The van der Waals surface area contributed by atoms with E-state index in [0.717, 1.165) is 16.8 Å². The fourth-order valence-electron chi connectivity index (χ4n) is 4.23. The van der Waals surface area contributed by atoms with Crippen LogP contribution in [0, 0.1) is 0 Å². The fourth-order valence-corrected chi connectivity index (χ4v) is 4.23. The number of benzene rings is 3. The van der Waals surface area contributed by atoms with Crippen molar-refractivity contribution in [2.24, 2.45) is 0 Å². The van der Waals surface area contributed by atoms with E-state index in [4.69, 9.17) is 19.0 Å². The van der Waals surface area contributed by atoms with Crippen LogP contribution in [-0.4, -0.2) is 30.4 Å². The second kappa shape index (κ2) is 9.34. The predicted molar refractivity (Wildman–Crippen MR) is 132 cm³/mol. The van der Waals surface area contributed by atoms with E-state index in [1.165, 1.54) is 0 Å². The zero-order chi connectivity index (χ0) is 24.4. The van der Waals surface area contributed by atoms with Crippen LogP contribution in [0.25, 0.3) is 17.0 Å². The van der Waals surface area contributed by atoms with Crippen LogP contribution in [0.2, 0.25) is 0 Å². The molecular formula is C27H24N4O4. The topological polar surface area (TPSA) is 89.7 Å². The van der Waals surface area contributed by atoms with Crippen molar-refractivity contribution in [3.05, 3.63) is 96.0 Å². The number of nitrogens with zero attached hydrogens (tertiary/aromatic N) is 3. The van der Waals surface area contributed by atoms with Crippen LogP contribution >= 0.6 is 0 Å². The van der Waals surface area contributed by atoms with Gasteiger partial charge in [-0.2, -0.15) is 4.98 Å². The van der Waals surface area contributed by atoms with Gasteiger partial charge < -0.3 is 19.3 Å². The monoisotopic (exact) mass is 468 g/mol. The molecule has 2 heterocycles. The Bertz CT molecular complexity index is 1380. The molecule has 0 fully saturated rings. The summed E-state index contributed by atoms with van der Waals surface area (Å²) in [6.07, 6.45) is 0. The van der Waals surface area contributed by atoms with Gasteiger partial charge in [0, 0.05) is 11.3 Å². The van der Waals surface area contributed by atoms with Crippen molar-refractivity contribution in [3.63, 3.8) is 0 Å². The molecule has 0 saturated carbocycles. The summed E-state index contributed by atoms with van der Waals surface area (Å²) in [7, 11) is 3.15. The second-order valence-corrected chi connectivity index (χ2v) is 7.96. The highest BCUT2D eigenvalue weighted by Gasteiger charge is 2.36. The number of ether oxygens (including phenoxy) is 2. The first-order valence-corrected chi connectivity index (χ1v) is 11.1. The molecule has 1 N–H and O–H groups in total. The number of carbonyl (C=O) groups excluding carboxylic acids is 1. The first-order valence-electron chi connectivity index (χ1n) is 11.1. The number of hydrogen-bond acceptors (Lipinski definition) is 6. The number of urea groups is 1. The maximum atomic E-state index is 13.3. The van der Waals surface area contributed by atoms with Crippen molar-refractivity contribution in [2.75, 3.05) is 19.1 Å².